The van der Waals surface area contributed by atoms with Crippen LogP contribution in [0.5, 0.6) is 5.75 Å². The average Bonchev–Trinajstić information content (AvgIpc) is 2.44. The van der Waals surface area contributed by atoms with Crippen molar-refractivity contribution in [3.8, 4) is 5.75 Å². The Labute approximate surface area is 121 Å². The number of nitrogens with zero attached hydrogens (tertiary/aromatic N) is 1. The first-order chi connectivity index (χ1) is 9.88. The normalized spacial score (nSPS) is 10.2. The number of benzene rings is 2. The maximum Gasteiger partial charge on any atom is 0.270 e. The van der Waals surface area contributed by atoms with Crippen molar-refractivity contribution >= 4 is 17.3 Å². The van der Waals surface area contributed by atoms with Gasteiger partial charge in [-0.05, 0) is 43.2 Å². The van der Waals surface area contributed by atoms with Crippen LogP contribution < -0.4 is 5.32 Å². The number of anilines is 1. The number of nitro groups is 1. The van der Waals surface area contributed by atoms with Gasteiger partial charge in [-0.3, -0.25) is 14.9 Å². The molecule has 21 heavy (non-hydrogen) atoms. The van der Waals surface area contributed by atoms with Crippen LogP contribution in [0.4, 0.5) is 11.4 Å². The van der Waals surface area contributed by atoms with Crippen molar-refractivity contribution in [1.82, 2.24) is 0 Å². The molecular weight excluding hydrogens is 272 g/mol. The molecule has 6 nitrogen and oxygen atoms in total. The predicted octanol–water partition coefficient (Wildman–Crippen LogP) is 3.17. The molecular formula is C15H14N2O4. The third-order valence-corrected chi connectivity index (χ3v) is 3.07. The molecule has 0 aliphatic heterocycles. The van der Waals surface area contributed by atoms with E-state index in [0.29, 0.717) is 16.8 Å². The molecule has 2 N–H and O–H groups in total. The van der Waals surface area contributed by atoms with Crippen molar-refractivity contribution < 1.29 is 14.8 Å². The predicted molar refractivity (Wildman–Crippen MR) is 78.6 cm³/mol. The fraction of sp³-hybridized carbons (Fsp3) is 0.133. The summed E-state index contributed by atoms with van der Waals surface area (Å²) < 4.78 is 0. The van der Waals surface area contributed by atoms with Gasteiger partial charge in [-0.1, -0.05) is 6.07 Å². The third kappa shape index (κ3) is 3.17. The van der Waals surface area contributed by atoms with Crippen LogP contribution in [0.2, 0.25) is 0 Å². The fourth-order valence-electron chi connectivity index (χ4n) is 1.99. The van der Waals surface area contributed by atoms with Gasteiger partial charge in [0.15, 0.2) is 0 Å². The maximum absolute atomic E-state index is 12.1. The number of aryl methyl sites for hydroxylation is 2. The summed E-state index contributed by atoms with van der Waals surface area (Å²) in [5.74, 6) is -0.258. The standard InChI is InChI=1S/C15H14N2O4/c1-9-6-12(7-10(2)14(9)18)16-15(19)11-4-3-5-13(8-11)17(20)21/h3-8,18H,1-2H3,(H,16,19). The third-order valence-electron chi connectivity index (χ3n) is 3.07. The Morgan fingerprint density at radius 1 is 1.19 bits per heavy atom. The highest BCUT2D eigenvalue weighted by Crippen LogP contribution is 2.26. The number of carbonyl (C=O) groups is 1. The number of amides is 1. The van der Waals surface area contributed by atoms with Crippen molar-refractivity contribution in [2.75, 3.05) is 5.32 Å². The lowest BCUT2D eigenvalue weighted by Gasteiger charge is -2.09. The van der Waals surface area contributed by atoms with Crippen LogP contribution in [0.3, 0.4) is 0 Å². The van der Waals surface area contributed by atoms with E-state index in [0.717, 1.165) is 0 Å². The SMILES string of the molecule is Cc1cc(NC(=O)c2cccc([N+](=O)[O-])c2)cc(C)c1O. The molecule has 0 aliphatic carbocycles. The molecule has 2 aromatic carbocycles. The quantitative estimate of drug-likeness (QED) is 0.515. The smallest absolute Gasteiger partial charge is 0.270 e. The first kappa shape index (κ1) is 14.5. The number of non-ortho nitro benzene ring substituents is 1. The summed E-state index contributed by atoms with van der Waals surface area (Å²) in [6.07, 6.45) is 0. The van der Waals surface area contributed by atoms with Crippen LogP contribution in [0.15, 0.2) is 36.4 Å². The molecule has 0 atom stereocenters. The second-order valence-corrected chi connectivity index (χ2v) is 4.72. The van der Waals surface area contributed by atoms with Crippen LogP contribution >= 0.6 is 0 Å². The van der Waals surface area contributed by atoms with Crippen LogP contribution in [0.1, 0.15) is 21.5 Å². The Hall–Kier alpha value is -2.89. The van der Waals surface area contributed by atoms with E-state index in [1.165, 1.54) is 24.3 Å². The zero-order chi connectivity index (χ0) is 15.6. The summed E-state index contributed by atoms with van der Waals surface area (Å²) in [6, 6.07) is 8.78. The summed E-state index contributed by atoms with van der Waals surface area (Å²) in [6.45, 7) is 3.46. The van der Waals surface area contributed by atoms with Crippen molar-refractivity contribution in [1.29, 1.82) is 0 Å². The van der Waals surface area contributed by atoms with Gasteiger partial charge < -0.3 is 10.4 Å². The van der Waals surface area contributed by atoms with Crippen LogP contribution in [-0.4, -0.2) is 15.9 Å². The molecule has 108 valence electrons. The molecule has 0 heterocycles. The van der Waals surface area contributed by atoms with Gasteiger partial charge in [-0.25, -0.2) is 0 Å². The molecule has 0 bridgehead atoms. The number of rotatable bonds is 3. The van der Waals surface area contributed by atoms with Gasteiger partial charge in [-0.15, -0.1) is 0 Å². The lowest BCUT2D eigenvalue weighted by atomic mass is 10.1. The number of aromatic hydroxyl groups is 1. The zero-order valence-corrected chi connectivity index (χ0v) is 11.6. The first-order valence-corrected chi connectivity index (χ1v) is 6.24. The lowest BCUT2D eigenvalue weighted by Crippen LogP contribution is -2.12. The summed E-state index contributed by atoms with van der Waals surface area (Å²) in [5, 5.41) is 23.1. The molecule has 0 unspecified atom stereocenters. The number of hydrogen-bond donors (Lipinski definition) is 2. The lowest BCUT2D eigenvalue weighted by molar-refractivity contribution is -0.384. The Morgan fingerprint density at radius 2 is 1.81 bits per heavy atom. The van der Waals surface area contributed by atoms with Gasteiger partial charge in [0.1, 0.15) is 5.75 Å². The molecule has 0 aromatic heterocycles. The summed E-state index contributed by atoms with van der Waals surface area (Å²) >= 11 is 0. The van der Waals surface area contributed by atoms with Gasteiger partial charge >= 0.3 is 0 Å². The minimum Gasteiger partial charge on any atom is -0.507 e. The van der Waals surface area contributed by atoms with E-state index in [1.807, 2.05) is 0 Å². The van der Waals surface area contributed by atoms with Crippen molar-refractivity contribution in [2.24, 2.45) is 0 Å². The second-order valence-electron chi connectivity index (χ2n) is 4.72. The average molecular weight is 286 g/mol. The molecule has 0 saturated carbocycles. The van der Waals surface area contributed by atoms with E-state index in [-0.39, 0.29) is 17.0 Å². The first-order valence-electron chi connectivity index (χ1n) is 6.24. The van der Waals surface area contributed by atoms with Gasteiger partial charge in [0.2, 0.25) is 0 Å². The number of nitro benzene ring substituents is 1. The molecule has 0 saturated heterocycles. The fourth-order valence-corrected chi connectivity index (χ4v) is 1.99. The zero-order valence-electron chi connectivity index (χ0n) is 11.6. The van der Waals surface area contributed by atoms with Crippen LogP contribution in [-0.2, 0) is 0 Å². The number of hydrogen-bond acceptors (Lipinski definition) is 4. The summed E-state index contributed by atoms with van der Waals surface area (Å²) in [4.78, 5) is 22.3. The van der Waals surface area contributed by atoms with Gasteiger partial charge in [-0.2, -0.15) is 0 Å². The van der Waals surface area contributed by atoms with E-state index in [9.17, 15) is 20.0 Å². The van der Waals surface area contributed by atoms with E-state index >= 15 is 0 Å². The molecule has 0 aliphatic rings. The molecule has 2 aromatic rings. The molecule has 0 fully saturated rings. The molecule has 6 heteroatoms. The molecule has 1 amide bonds. The van der Waals surface area contributed by atoms with E-state index in [2.05, 4.69) is 5.32 Å². The van der Waals surface area contributed by atoms with Crippen molar-refractivity contribution in [3.63, 3.8) is 0 Å². The van der Waals surface area contributed by atoms with Crippen molar-refractivity contribution in [2.45, 2.75) is 13.8 Å². The molecule has 0 spiro atoms. The van der Waals surface area contributed by atoms with Crippen LogP contribution in [0.25, 0.3) is 0 Å². The van der Waals surface area contributed by atoms with E-state index in [4.69, 9.17) is 0 Å². The minimum atomic E-state index is -0.550. The highest BCUT2D eigenvalue weighted by Gasteiger charge is 2.12. The number of phenolic OH excluding ortho intramolecular Hbond substituents is 1. The second kappa shape index (κ2) is 5.62. The maximum atomic E-state index is 12.1. The van der Waals surface area contributed by atoms with E-state index in [1.54, 1.807) is 26.0 Å². The Bertz CT molecular complexity index is 702. The Morgan fingerprint density at radius 3 is 2.38 bits per heavy atom. The van der Waals surface area contributed by atoms with Gasteiger partial charge in [0, 0.05) is 23.4 Å². The highest BCUT2D eigenvalue weighted by molar-refractivity contribution is 6.04. The minimum absolute atomic E-state index is 0.138. The Kier molecular flexibility index (Phi) is 3.89. The topological polar surface area (TPSA) is 92.5 Å². The highest BCUT2D eigenvalue weighted by atomic mass is 16.6. The van der Waals surface area contributed by atoms with Crippen molar-refractivity contribution in [3.05, 3.63) is 63.2 Å². The molecule has 2 rings (SSSR count). The Balaban J connectivity index is 2.26. The number of phenols is 1. The largest absolute Gasteiger partial charge is 0.507 e. The summed E-state index contributed by atoms with van der Waals surface area (Å²) in [5.41, 5.74) is 1.88. The van der Waals surface area contributed by atoms with Crippen LogP contribution in [0, 0.1) is 24.0 Å². The number of nitrogens with one attached hydrogen (secondary N) is 1. The molecule has 0 radical (unpaired) electrons. The van der Waals surface area contributed by atoms with E-state index < -0.39 is 10.8 Å². The summed E-state index contributed by atoms with van der Waals surface area (Å²) in [7, 11) is 0. The van der Waals surface area contributed by atoms with Gasteiger partial charge in [0.05, 0.1) is 4.92 Å². The monoisotopic (exact) mass is 286 g/mol. The number of carbonyl (C=O) groups excluding carboxylic acids is 1. The van der Waals surface area contributed by atoms with Gasteiger partial charge in [0.25, 0.3) is 11.6 Å².